The van der Waals surface area contributed by atoms with E-state index in [0.29, 0.717) is 0 Å². The van der Waals surface area contributed by atoms with Gasteiger partial charge >= 0.3 is 11.9 Å². The molecule has 0 radical (unpaired) electrons. The zero-order valence-corrected chi connectivity index (χ0v) is 9.60. The summed E-state index contributed by atoms with van der Waals surface area (Å²) in [6.45, 7) is 2.49. The van der Waals surface area contributed by atoms with Crippen LogP contribution < -0.4 is 0 Å². The summed E-state index contributed by atoms with van der Waals surface area (Å²) in [5.74, 6) is -2.54. The van der Waals surface area contributed by atoms with Crippen LogP contribution >= 0.6 is 0 Å². The molecule has 1 atom stereocenters. The molecule has 7 nitrogen and oxygen atoms in total. The zero-order valence-electron chi connectivity index (χ0n) is 9.60. The summed E-state index contributed by atoms with van der Waals surface area (Å²) in [6.07, 6.45) is -1.34. The topological polar surface area (TPSA) is 90.0 Å². The van der Waals surface area contributed by atoms with Crippen LogP contribution in [-0.2, 0) is 28.7 Å². The monoisotopic (exact) mass is 243 g/mol. The standard InChI is InChI=1S/C10H13NO6/c1-3-16-9(14)5-11-8(13)4-7(10(11)15)17-6(2)12/h7H,3-5H2,1-2H3. The molecular formula is C10H13NO6. The Morgan fingerprint density at radius 1 is 1.41 bits per heavy atom. The van der Waals surface area contributed by atoms with Crippen LogP contribution in [0.3, 0.4) is 0 Å². The fourth-order valence-electron chi connectivity index (χ4n) is 1.45. The van der Waals surface area contributed by atoms with Crippen molar-refractivity contribution in [3.05, 3.63) is 0 Å². The first-order valence-corrected chi connectivity index (χ1v) is 5.12. The van der Waals surface area contributed by atoms with Gasteiger partial charge in [0.25, 0.3) is 5.91 Å². The summed E-state index contributed by atoms with van der Waals surface area (Å²) < 4.78 is 9.29. The molecule has 0 spiro atoms. The third-order valence-electron chi connectivity index (χ3n) is 2.10. The molecule has 0 N–H and O–H groups in total. The van der Waals surface area contributed by atoms with Gasteiger partial charge in [0.05, 0.1) is 13.0 Å². The molecule has 0 aromatic rings. The van der Waals surface area contributed by atoms with Crippen molar-refractivity contribution in [2.24, 2.45) is 0 Å². The molecule has 7 heteroatoms. The van der Waals surface area contributed by atoms with Gasteiger partial charge in [-0.15, -0.1) is 0 Å². The Balaban J connectivity index is 2.62. The lowest BCUT2D eigenvalue weighted by Gasteiger charge is -2.13. The second-order valence-corrected chi connectivity index (χ2v) is 3.43. The summed E-state index contributed by atoms with van der Waals surface area (Å²) >= 11 is 0. The van der Waals surface area contributed by atoms with Gasteiger partial charge in [-0.2, -0.15) is 0 Å². The van der Waals surface area contributed by atoms with Crippen LogP contribution in [0.1, 0.15) is 20.3 Å². The molecule has 1 rings (SSSR count). The minimum atomic E-state index is -1.12. The first kappa shape index (κ1) is 13.1. The number of imide groups is 1. The van der Waals surface area contributed by atoms with E-state index in [2.05, 4.69) is 9.47 Å². The van der Waals surface area contributed by atoms with Gasteiger partial charge in [0, 0.05) is 6.92 Å². The maximum absolute atomic E-state index is 11.6. The van der Waals surface area contributed by atoms with E-state index >= 15 is 0 Å². The Kier molecular flexibility index (Phi) is 4.19. The summed E-state index contributed by atoms with van der Waals surface area (Å²) in [4.78, 5) is 45.6. The average Bonchev–Trinajstić information content (AvgIpc) is 2.45. The molecule has 94 valence electrons. The van der Waals surface area contributed by atoms with Gasteiger partial charge in [0.2, 0.25) is 5.91 Å². The van der Waals surface area contributed by atoms with Gasteiger partial charge in [-0.1, -0.05) is 0 Å². The van der Waals surface area contributed by atoms with E-state index in [9.17, 15) is 19.2 Å². The Bertz CT molecular complexity index is 364. The van der Waals surface area contributed by atoms with E-state index in [1.54, 1.807) is 6.92 Å². The zero-order chi connectivity index (χ0) is 13.0. The van der Waals surface area contributed by atoms with Crippen LogP contribution in [-0.4, -0.2) is 47.9 Å². The number of carbonyl (C=O) groups excluding carboxylic acids is 4. The highest BCUT2D eigenvalue weighted by molar-refractivity contribution is 6.07. The van der Waals surface area contributed by atoms with Gasteiger partial charge < -0.3 is 9.47 Å². The highest BCUT2D eigenvalue weighted by atomic mass is 16.6. The van der Waals surface area contributed by atoms with E-state index in [4.69, 9.17) is 0 Å². The molecule has 1 unspecified atom stereocenters. The largest absolute Gasteiger partial charge is 0.465 e. The molecule has 0 bridgehead atoms. The number of likely N-dealkylation sites (tertiary alicyclic amines) is 1. The molecule has 0 aromatic heterocycles. The first-order valence-electron chi connectivity index (χ1n) is 5.12. The second kappa shape index (κ2) is 5.42. The van der Waals surface area contributed by atoms with Crippen molar-refractivity contribution in [3.63, 3.8) is 0 Å². The van der Waals surface area contributed by atoms with Crippen molar-refractivity contribution in [2.45, 2.75) is 26.4 Å². The number of ether oxygens (including phenoxy) is 2. The minimum absolute atomic E-state index is 0.169. The van der Waals surface area contributed by atoms with Gasteiger partial charge in [-0.3, -0.25) is 24.1 Å². The smallest absolute Gasteiger partial charge is 0.326 e. The number of rotatable bonds is 4. The summed E-state index contributed by atoms with van der Waals surface area (Å²) in [7, 11) is 0. The molecule has 2 amide bonds. The highest BCUT2D eigenvalue weighted by Crippen LogP contribution is 2.16. The van der Waals surface area contributed by atoms with Crippen LogP contribution in [0.25, 0.3) is 0 Å². The third kappa shape index (κ3) is 3.27. The van der Waals surface area contributed by atoms with E-state index < -0.39 is 36.4 Å². The van der Waals surface area contributed by atoms with Crippen LogP contribution in [0.5, 0.6) is 0 Å². The number of nitrogens with zero attached hydrogens (tertiary/aromatic N) is 1. The van der Waals surface area contributed by atoms with Gasteiger partial charge in [-0.25, -0.2) is 0 Å². The molecule has 0 saturated carbocycles. The predicted octanol–water partition coefficient (Wildman–Crippen LogP) is -0.760. The van der Waals surface area contributed by atoms with Gasteiger partial charge in [0.1, 0.15) is 6.54 Å². The van der Waals surface area contributed by atoms with Crippen molar-refractivity contribution in [3.8, 4) is 0 Å². The lowest BCUT2D eigenvalue weighted by molar-refractivity contribution is -0.157. The van der Waals surface area contributed by atoms with E-state index in [1.165, 1.54) is 0 Å². The predicted molar refractivity (Wildman–Crippen MR) is 53.5 cm³/mol. The van der Waals surface area contributed by atoms with Crippen LogP contribution in [0.15, 0.2) is 0 Å². The minimum Gasteiger partial charge on any atom is -0.465 e. The molecule has 17 heavy (non-hydrogen) atoms. The molecule has 1 heterocycles. The van der Waals surface area contributed by atoms with E-state index in [-0.39, 0.29) is 13.0 Å². The SMILES string of the molecule is CCOC(=O)CN1C(=O)CC(OC(C)=O)C1=O. The van der Waals surface area contributed by atoms with Crippen LogP contribution in [0.2, 0.25) is 0 Å². The van der Waals surface area contributed by atoms with Crippen molar-refractivity contribution in [1.29, 1.82) is 0 Å². The molecule has 1 aliphatic rings. The van der Waals surface area contributed by atoms with Gasteiger partial charge in [0.15, 0.2) is 6.10 Å². The normalized spacial score (nSPS) is 19.4. The van der Waals surface area contributed by atoms with Crippen molar-refractivity contribution in [1.82, 2.24) is 4.90 Å². The van der Waals surface area contributed by atoms with Crippen LogP contribution in [0.4, 0.5) is 0 Å². The first-order chi connectivity index (χ1) is 7.95. The summed E-state index contributed by atoms with van der Waals surface area (Å²) in [6, 6.07) is 0. The van der Waals surface area contributed by atoms with Crippen LogP contribution in [0, 0.1) is 0 Å². The Labute approximate surface area is 97.7 Å². The molecular weight excluding hydrogens is 230 g/mol. The Hall–Kier alpha value is -1.92. The number of hydrogen-bond donors (Lipinski definition) is 0. The van der Waals surface area contributed by atoms with Crippen molar-refractivity contribution < 1.29 is 28.7 Å². The quantitative estimate of drug-likeness (QED) is 0.476. The molecule has 0 aromatic carbocycles. The van der Waals surface area contributed by atoms with Crippen molar-refractivity contribution in [2.75, 3.05) is 13.2 Å². The Morgan fingerprint density at radius 3 is 2.59 bits per heavy atom. The lowest BCUT2D eigenvalue weighted by atomic mass is 10.3. The van der Waals surface area contributed by atoms with E-state index in [0.717, 1.165) is 11.8 Å². The number of esters is 2. The molecule has 0 aliphatic carbocycles. The summed E-state index contributed by atoms with van der Waals surface area (Å²) in [5.41, 5.74) is 0. The Morgan fingerprint density at radius 2 is 2.06 bits per heavy atom. The van der Waals surface area contributed by atoms with Crippen molar-refractivity contribution >= 4 is 23.8 Å². The fourth-order valence-corrected chi connectivity index (χ4v) is 1.45. The average molecular weight is 243 g/mol. The maximum Gasteiger partial charge on any atom is 0.326 e. The number of amides is 2. The molecule has 1 aliphatic heterocycles. The molecule has 1 fully saturated rings. The highest BCUT2D eigenvalue weighted by Gasteiger charge is 2.41. The van der Waals surface area contributed by atoms with Gasteiger partial charge in [-0.05, 0) is 6.92 Å². The molecule has 1 saturated heterocycles. The second-order valence-electron chi connectivity index (χ2n) is 3.43. The fraction of sp³-hybridized carbons (Fsp3) is 0.600. The number of hydrogen-bond acceptors (Lipinski definition) is 6. The maximum atomic E-state index is 11.6. The third-order valence-corrected chi connectivity index (χ3v) is 2.10. The summed E-state index contributed by atoms with van der Waals surface area (Å²) in [5, 5.41) is 0. The lowest BCUT2D eigenvalue weighted by Crippen LogP contribution is -2.38. The number of carbonyl (C=O) groups is 4. The van der Waals surface area contributed by atoms with E-state index in [1.807, 2.05) is 0 Å².